The van der Waals surface area contributed by atoms with Crippen LogP contribution in [0.15, 0.2) is 36.8 Å². The second kappa shape index (κ2) is 13.4. The third-order valence-corrected chi connectivity index (χ3v) is 9.37. The van der Waals surface area contributed by atoms with Gasteiger partial charge in [0, 0.05) is 68.1 Å². The van der Waals surface area contributed by atoms with Gasteiger partial charge in [-0.1, -0.05) is 0 Å². The average Bonchev–Trinajstić information content (AvgIpc) is 2.99. The zero-order chi connectivity index (χ0) is 32.4. The van der Waals surface area contributed by atoms with E-state index in [1.165, 1.54) is 30.1 Å². The molecule has 0 radical (unpaired) electrons. The number of benzene rings is 1. The van der Waals surface area contributed by atoms with Crippen LogP contribution in [0.1, 0.15) is 61.6 Å². The van der Waals surface area contributed by atoms with Gasteiger partial charge in [0.1, 0.15) is 29.7 Å². The molecule has 246 valence electrons. The summed E-state index contributed by atoms with van der Waals surface area (Å²) in [6.45, 7) is 11.9. The monoisotopic (exact) mass is 632 g/mol. The Labute approximate surface area is 270 Å². The summed E-state index contributed by atoms with van der Waals surface area (Å²) in [4.78, 5) is 31.0. The summed E-state index contributed by atoms with van der Waals surface area (Å²) in [5, 5.41) is 8.14. The minimum absolute atomic E-state index is 0.0494. The van der Waals surface area contributed by atoms with Crippen LogP contribution < -0.4 is 14.4 Å². The van der Waals surface area contributed by atoms with E-state index in [-0.39, 0.29) is 40.7 Å². The topological polar surface area (TPSA) is 100 Å². The third-order valence-electron chi connectivity index (χ3n) is 9.37. The first kappa shape index (κ1) is 32.1. The van der Waals surface area contributed by atoms with Gasteiger partial charge in [0.25, 0.3) is 11.8 Å². The lowest BCUT2D eigenvalue weighted by Crippen LogP contribution is -2.65. The number of carbonyl (C=O) groups is 1. The number of ether oxygens (including phenoxy) is 2. The van der Waals surface area contributed by atoms with Crippen LogP contribution in [-0.2, 0) is 13.0 Å². The van der Waals surface area contributed by atoms with Gasteiger partial charge >= 0.3 is 0 Å². The molecule has 1 saturated heterocycles. The smallest absolute Gasteiger partial charge is 0.282 e. The highest BCUT2D eigenvalue weighted by molar-refractivity contribution is 5.97. The number of fused-ring (bicyclic) bond motifs is 1. The van der Waals surface area contributed by atoms with Gasteiger partial charge in [-0.2, -0.15) is 0 Å². The molecule has 3 aromatic rings. The molecule has 12 heteroatoms. The van der Waals surface area contributed by atoms with Crippen LogP contribution in [-0.4, -0.2) is 106 Å². The standard InChI is InChI=1S/C34H45FN8O3/c1-6-43(23(2)3)33(44)26-16-24(35)8-9-29(26)46-32-31(37-22-38-39-32)42-20-34(21-42)17-25(18-34)45-30-10-12-36-28-11-15-41(19-27(28)30)14-7-13-40(4)5/h8-10,12,16,22-23,25H,6-7,11,13-15,17-21H2,1-5H3. The molecule has 0 unspecified atom stereocenters. The number of carbonyl (C=O) groups excluding carboxylic acids is 1. The summed E-state index contributed by atoms with van der Waals surface area (Å²) in [7, 11) is 4.24. The molecular weight excluding hydrogens is 587 g/mol. The van der Waals surface area contributed by atoms with Crippen LogP contribution in [0.4, 0.5) is 10.2 Å². The van der Waals surface area contributed by atoms with Crippen molar-refractivity contribution >= 4 is 11.7 Å². The van der Waals surface area contributed by atoms with E-state index in [0.29, 0.717) is 12.4 Å². The van der Waals surface area contributed by atoms with Crippen molar-refractivity contribution in [1.29, 1.82) is 0 Å². The predicted molar refractivity (Wildman–Crippen MR) is 173 cm³/mol. The van der Waals surface area contributed by atoms with Gasteiger partial charge in [-0.05, 0) is 91.5 Å². The van der Waals surface area contributed by atoms with Gasteiger partial charge in [-0.15, -0.1) is 10.2 Å². The summed E-state index contributed by atoms with van der Waals surface area (Å²) in [6.07, 6.45) is 7.45. The lowest BCUT2D eigenvalue weighted by Gasteiger charge is -2.58. The van der Waals surface area contributed by atoms with Crippen LogP contribution in [0.5, 0.6) is 17.4 Å². The molecule has 1 aliphatic carbocycles. The molecule has 0 atom stereocenters. The van der Waals surface area contributed by atoms with E-state index in [4.69, 9.17) is 9.47 Å². The van der Waals surface area contributed by atoms with Crippen LogP contribution in [0.25, 0.3) is 0 Å². The number of anilines is 1. The number of aromatic nitrogens is 4. The van der Waals surface area contributed by atoms with Crippen molar-refractivity contribution in [2.24, 2.45) is 5.41 Å². The Kier molecular flexibility index (Phi) is 9.37. The summed E-state index contributed by atoms with van der Waals surface area (Å²) in [6, 6.07) is 5.92. The average molecular weight is 633 g/mol. The van der Waals surface area contributed by atoms with Crippen LogP contribution in [0.3, 0.4) is 0 Å². The normalized spacial score (nSPS) is 17.5. The van der Waals surface area contributed by atoms with Gasteiger partial charge in [0.05, 0.1) is 5.56 Å². The largest absolute Gasteiger partial charge is 0.490 e. The van der Waals surface area contributed by atoms with Crippen molar-refractivity contribution in [3.63, 3.8) is 0 Å². The highest BCUT2D eigenvalue weighted by atomic mass is 19.1. The fourth-order valence-corrected chi connectivity index (χ4v) is 7.02. The Morgan fingerprint density at radius 1 is 1.15 bits per heavy atom. The van der Waals surface area contributed by atoms with Crippen LogP contribution >= 0.6 is 0 Å². The molecule has 1 saturated carbocycles. The van der Waals surface area contributed by atoms with Crippen molar-refractivity contribution in [3.05, 3.63) is 59.4 Å². The number of halogens is 1. The van der Waals surface area contributed by atoms with Crippen LogP contribution in [0, 0.1) is 11.2 Å². The minimum atomic E-state index is -0.510. The van der Waals surface area contributed by atoms with E-state index in [1.54, 1.807) is 4.90 Å². The summed E-state index contributed by atoms with van der Waals surface area (Å²) >= 11 is 0. The summed E-state index contributed by atoms with van der Waals surface area (Å²) < 4.78 is 27.0. The molecular formula is C34H45FN8O3. The first-order valence-electron chi connectivity index (χ1n) is 16.4. The zero-order valence-electron chi connectivity index (χ0n) is 27.6. The second-order valence-electron chi connectivity index (χ2n) is 13.4. The van der Waals surface area contributed by atoms with E-state index in [0.717, 1.165) is 76.4 Å². The molecule has 3 aliphatic rings. The van der Waals surface area contributed by atoms with Crippen LogP contribution in [0.2, 0.25) is 0 Å². The molecule has 0 bridgehead atoms. The third kappa shape index (κ3) is 6.78. The summed E-state index contributed by atoms with van der Waals surface area (Å²) in [5.41, 5.74) is 2.68. The highest BCUT2D eigenvalue weighted by Gasteiger charge is 2.54. The first-order chi connectivity index (χ1) is 22.1. The maximum atomic E-state index is 14.3. The number of hydrogen-bond acceptors (Lipinski definition) is 10. The van der Waals surface area contributed by atoms with Gasteiger partial charge < -0.3 is 24.2 Å². The number of amides is 1. The lowest BCUT2D eigenvalue weighted by atomic mass is 9.61. The molecule has 0 N–H and O–H groups in total. The number of rotatable bonds is 12. The molecule has 1 aromatic carbocycles. The molecule has 46 heavy (non-hydrogen) atoms. The molecule has 2 fully saturated rings. The van der Waals surface area contributed by atoms with E-state index in [9.17, 15) is 9.18 Å². The Bertz CT molecular complexity index is 1540. The van der Waals surface area contributed by atoms with E-state index >= 15 is 0 Å². The summed E-state index contributed by atoms with van der Waals surface area (Å²) in [5.74, 6) is 1.12. The number of nitrogens with zero attached hydrogens (tertiary/aromatic N) is 8. The van der Waals surface area contributed by atoms with Crippen molar-refractivity contribution < 1.29 is 18.7 Å². The van der Waals surface area contributed by atoms with Gasteiger partial charge in [-0.25, -0.2) is 9.37 Å². The molecule has 2 aromatic heterocycles. The van der Waals surface area contributed by atoms with Crippen molar-refractivity contribution in [3.8, 4) is 17.4 Å². The lowest BCUT2D eigenvalue weighted by molar-refractivity contribution is -0.0353. The van der Waals surface area contributed by atoms with Gasteiger partial charge in [0.15, 0.2) is 5.82 Å². The Balaban J connectivity index is 1.08. The van der Waals surface area contributed by atoms with Gasteiger partial charge in [0.2, 0.25) is 0 Å². The Hall–Kier alpha value is -3.90. The van der Waals surface area contributed by atoms with Crippen molar-refractivity contribution in [2.45, 2.75) is 65.1 Å². The fraction of sp³-hybridized carbons (Fsp3) is 0.559. The minimum Gasteiger partial charge on any atom is -0.490 e. The predicted octanol–water partition coefficient (Wildman–Crippen LogP) is 4.43. The number of hydrogen-bond donors (Lipinski definition) is 0. The Morgan fingerprint density at radius 2 is 1.96 bits per heavy atom. The molecule has 4 heterocycles. The second-order valence-corrected chi connectivity index (χ2v) is 13.4. The van der Waals surface area contributed by atoms with E-state index in [1.807, 2.05) is 33.0 Å². The quantitative estimate of drug-likeness (QED) is 0.285. The van der Waals surface area contributed by atoms with Crippen molar-refractivity contribution in [1.82, 2.24) is 34.9 Å². The zero-order valence-corrected chi connectivity index (χ0v) is 27.6. The molecule has 11 nitrogen and oxygen atoms in total. The number of pyridine rings is 1. The van der Waals surface area contributed by atoms with E-state index < -0.39 is 5.82 Å². The molecule has 1 amide bonds. The molecule has 2 aliphatic heterocycles. The van der Waals surface area contributed by atoms with Crippen molar-refractivity contribution in [2.75, 3.05) is 58.3 Å². The maximum Gasteiger partial charge on any atom is 0.282 e. The molecule has 6 rings (SSSR count). The fourth-order valence-electron chi connectivity index (χ4n) is 7.02. The first-order valence-corrected chi connectivity index (χ1v) is 16.4. The molecule has 1 spiro atoms. The maximum absolute atomic E-state index is 14.3. The Morgan fingerprint density at radius 3 is 2.70 bits per heavy atom. The SMILES string of the molecule is CCN(C(=O)c1cc(F)ccc1Oc1nncnc1N1CC2(CC(Oc3ccnc4c3CN(CCCN(C)C)CC4)C2)C1)C(C)C. The van der Waals surface area contributed by atoms with Gasteiger partial charge in [-0.3, -0.25) is 14.7 Å². The van der Waals surface area contributed by atoms with E-state index in [2.05, 4.69) is 49.0 Å². The highest BCUT2D eigenvalue weighted by Crippen LogP contribution is 2.52.